The summed E-state index contributed by atoms with van der Waals surface area (Å²) in [6.07, 6.45) is 10.8. The molecule has 4 rings (SSSR count). The lowest BCUT2D eigenvalue weighted by molar-refractivity contribution is -0.123. The summed E-state index contributed by atoms with van der Waals surface area (Å²) in [7, 11) is -3.00. The highest BCUT2D eigenvalue weighted by atomic mass is 32.2. The van der Waals surface area contributed by atoms with E-state index in [9.17, 15) is 13.2 Å². The first-order valence-electron chi connectivity index (χ1n) is 13.6. The predicted molar refractivity (Wildman–Crippen MR) is 140 cm³/mol. The number of benzene rings is 1. The van der Waals surface area contributed by atoms with Crippen molar-refractivity contribution >= 4 is 21.3 Å². The van der Waals surface area contributed by atoms with E-state index >= 15 is 0 Å². The third-order valence-corrected chi connectivity index (χ3v) is 10.9. The van der Waals surface area contributed by atoms with Gasteiger partial charge in [0, 0.05) is 50.2 Å². The van der Waals surface area contributed by atoms with Crippen LogP contribution in [-0.4, -0.2) is 62.3 Å². The van der Waals surface area contributed by atoms with Gasteiger partial charge in [0.2, 0.25) is 0 Å². The first-order valence-corrected chi connectivity index (χ1v) is 15.4. The van der Waals surface area contributed by atoms with Gasteiger partial charge in [0.15, 0.2) is 9.84 Å². The minimum atomic E-state index is -3.00. The van der Waals surface area contributed by atoms with E-state index in [1.807, 2.05) is 0 Å². The smallest absolute Gasteiger partial charge is 0.152 e. The molecule has 0 amide bonds. The molecule has 2 aliphatic carbocycles. The van der Waals surface area contributed by atoms with Gasteiger partial charge in [0.1, 0.15) is 5.78 Å². The van der Waals surface area contributed by atoms with E-state index in [1.165, 1.54) is 37.8 Å². The van der Waals surface area contributed by atoms with E-state index in [-0.39, 0.29) is 22.8 Å². The van der Waals surface area contributed by atoms with E-state index in [0.29, 0.717) is 12.2 Å². The van der Waals surface area contributed by atoms with Gasteiger partial charge in [-0.1, -0.05) is 31.4 Å². The van der Waals surface area contributed by atoms with E-state index in [1.54, 1.807) is 13.8 Å². The monoisotopic (exact) mass is 488 g/mol. The van der Waals surface area contributed by atoms with Crippen LogP contribution in [0.3, 0.4) is 0 Å². The highest BCUT2D eigenvalue weighted by Crippen LogP contribution is 2.32. The van der Waals surface area contributed by atoms with Crippen molar-refractivity contribution in [2.24, 2.45) is 11.8 Å². The summed E-state index contributed by atoms with van der Waals surface area (Å²) in [6, 6.07) is 9.43. The molecule has 1 aromatic carbocycles. The summed E-state index contributed by atoms with van der Waals surface area (Å²) in [6.45, 7) is 8.01. The van der Waals surface area contributed by atoms with Crippen molar-refractivity contribution in [2.45, 2.75) is 89.3 Å². The second-order valence-electron chi connectivity index (χ2n) is 11.2. The van der Waals surface area contributed by atoms with Crippen LogP contribution in [0, 0.1) is 11.8 Å². The van der Waals surface area contributed by atoms with Gasteiger partial charge < -0.3 is 4.90 Å². The minimum Gasteiger partial charge on any atom is -0.369 e. The maximum Gasteiger partial charge on any atom is 0.152 e. The first-order chi connectivity index (χ1) is 16.3. The van der Waals surface area contributed by atoms with E-state index in [2.05, 4.69) is 34.1 Å². The molecule has 0 aromatic heterocycles. The zero-order valence-corrected chi connectivity index (χ0v) is 22.1. The summed E-state index contributed by atoms with van der Waals surface area (Å²) >= 11 is 0. The third-order valence-electron chi connectivity index (χ3n) is 8.57. The van der Waals surface area contributed by atoms with Crippen LogP contribution in [0.15, 0.2) is 24.3 Å². The average Bonchev–Trinajstić information content (AvgIpc) is 2.85. The number of ketones is 1. The Bertz CT molecular complexity index is 890. The number of rotatable bonds is 8. The minimum absolute atomic E-state index is 0.0885. The number of hydrogen-bond donors (Lipinski definition) is 0. The molecule has 1 aromatic rings. The highest BCUT2D eigenvalue weighted by Gasteiger charge is 2.30. The molecule has 190 valence electrons. The lowest BCUT2D eigenvalue weighted by atomic mass is 9.79. The van der Waals surface area contributed by atoms with Crippen molar-refractivity contribution in [3.05, 3.63) is 29.8 Å². The van der Waals surface area contributed by atoms with Gasteiger partial charge >= 0.3 is 0 Å². The molecule has 6 heteroatoms. The Morgan fingerprint density at radius 3 is 2.09 bits per heavy atom. The Kier molecular flexibility index (Phi) is 8.73. The van der Waals surface area contributed by atoms with E-state index < -0.39 is 9.84 Å². The SMILES string of the molecule is CC(C)S(=O)(=O)CC1CCC(C(=O)Cc2ccc(N3CCN(C4CCCCC4)CC3)cc2)CC1. The Labute approximate surface area is 207 Å². The number of piperazine rings is 1. The molecule has 0 unspecified atom stereocenters. The number of hydrogen-bond acceptors (Lipinski definition) is 5. The molecule has 5 nitrogen and oxygen atoms in total. The Morgan fingerprint density at radius 2 is 1.50 bits per heavy atom. The van der Waals surface area contributed by atoms with Crippen LogP contribution in [-0.2, 0) is 21.1 Å². The van der Waals surface area contributed by atoms with Crippen molar-refractivity contribution in [1.29, 1.82) is 0 Å². The van der Waals surface area contributed by atoms with E-state index in [4.69, 9.17) is 0 Å². The van der Waals surface area contributed by atoms with E-state index in [0.717, 1.165) is 63.5 Å². The number of sulfone groups is 1. The molecule has 0 N–H and O–H groups in total. The highest BCUT2D eigenvalue weighted by molar-refractivity contribution is 7.91. The topological polar surface area (TPSA) is 57.7 Å². The summed E-state index contributed by atoms with van der Waals surface area (Å²) in [5.74, 6) is 0.904. The number of carbonyl (C=O) groups excluding carboxylic acids is 1. The quantitative estimate of drug-likeness (QED) is 0.522. The second kappa shape index (κ2) is 11.6. The molecular weight excluding hydrogens is 444 g/mol. The molecule has 0 spiro atoms. The normalized spacial score (nSPS) is 25.6. The number of carbonyl (C=O) groups is 1. The van der Waals surface area contributed by atoms with Gasteiger partial charge in [-0.05, 0) is 76.0 Å². The van der Waals surface area contributed by atoms with Crippen molar-refractivity contribution in [3.8, 4) is 0 Å². The summed E-state index contributed by atoms with van der Waals surface area (Å²) in [5, 5.41) is -0.310. The maximum atomic E-state index is 12.9. The van der Waals surface area contributed by atoms with Gasteiger partial charge in [-0.2, -0.15) is 0 Å². The summed E-state index contributed by atoms with van der Waals surface area (Å²) in [5.41, 5.74) is 2.37. The molecule has 2 saturated carbocycles. The molecule has 3 fully saturated rings. The Hall–Kier alpha value is -1.40. The fourth-order valence-electron chi connectivity index (χ4n) is 6.13. The van der Waals surface area contributed by atoms with Gasteiger partial charge in [-0.15, -0.1) is 0 Å². The number of Topliss-reactive ketones (excluding diaryl/α,β-unsaturated/α-hetero) is 1. The Morgan fingerprint density at radius 1 is 0.882 bits per heavy atom. The van der Waals surface area contributed by atoms with Crippen LogP contribution in [0.25, 0.3) is 0 Å². The standard InChI is InChI=1S/C28H44N2O3S/c1-22(2)34(32,33)21-24-8-12-25(13-9-24)28(31)20-23-10-14-27(15-11-23)30-18-16-29(17-19-30)26-6-4-3-5-7-26/h10-11,14-15,22,24-26H,3-9,12-13,16-21H2,1-2H3. The largest absolute Gasteiger partial charge is 0.369 e. The number of anilines is 1. The van der Waals surface area contributed by atoms with Crippen LogP contribution in [0.1, 0.15) is 77.2 Å². The lowest BCUT2D eigenvalue weighted by Crippen LogP contribution is -2.50. The zero-order valence-electron chi connectivity index (χ0n) is 21.3. The molecule has 0 bridgehead atoms. The average molecular weight is 489 g/mol. The molecule has 0 radical (unpaired) electrons. The summed E-state index contributed by atoms with van der Waals surface area (Å²) in [4.78, 5) is 18.1. The Balaban J connectivity index is 1.21. The van der Waals surface area contributed by atoms with Gasteiger partial charge in [0.05, 0.1) is 11.0 Å². The van der Waals surface area contributed by atoms with Crippen LogP contribution in [0.5, 0.6) is 0 Å². The number of nitrogens with zero attached hydrogens (tertiary/aromatic N) is 2. The fraction of sp³-hybridized carbons (Fsp3) is 0.750. The molecule has 0 atom stereocenters. The molecule has 1 aliphatic heterocycles. The molecule has 3 aliphatic rings. The van der Waals surface area contributed by atoms with Gasteiger partial charge in [0.25, 0.3) is 0 Å². The van der Waals surface area contributed by atoms with Crippen LogP contribution >= 0.6 is 0 Å². The van der Waals surface area contributed by atoms with Gasteiger partial charge in [-0.25, -0.2) is 8.42 Å². The summed E-state index contributed by atoms with van der Waals surface area (Å²) < 4.78 is 24.4. The lowest BCUT2D eigenvalue weighted by Gasteiger charge is -2.41. The zero-order chi connectivity index (χ0) is 24.1. The molecule has 1 saturated heterocycles. The second-order valence-corrected chi connectivity index (χ2v) is 13.8. The molecule has 1 heterocycles. The molecule has 34 heavy (non-hydrogen) atoms. The van der Waals surface area contributed by atoms with Gasteiger partial charge in [-0.3, -0.25) is 9.69 Å². The van der Waals surface area contributed by atoms with Crippen molar-refractivity contribution < 1.29 is 13.2 Å². The van der Waals surface area contributed by atoms with Crippen LogP contribution in [0.2, 0.25) is 0 Å². The molecular formula is C28H44N2O3S. The van der Waals surface area contributed by atoms with Crippen molar-refractivity contribution in [2.75, 3.05) is 36.8 Å². The third kappa shape index (κ3) is 6.63. The predicted octanol–water partition coefficient (Wildman–Crippen LogP) is 4.88. The maximum absolute atomic E-state index is 12.9. The van der Waals surface area contributed by atoms with Crippen LogP contribution in [0.4, 0.5) is 5.69 Å². The van der Waals surface area contributed by atoms with Crippen molar-refractivity contribution in [3.63, 3.8) is 0 Å². The van der Waals surface area contributed by atoms with Crippen molar-refractivity contribution in [1.82, 2.24) is 4.90 Å². The van der Waals surface area contributed by atoms with Crippen LogP contribution < -0.4 is 4.90 Å². The fourth-order valence-corrected chi connectivity index (χ4v) is 7.51. The first kappa shape index (κ1) is 25.7.